The number of fused-ring (bicyclic) bond motifs is 9. The first-order valence-corrected chi connectivity index (χ1v) is 21.2. The van der Waals surface area contributed by atoms with Gasteiger partial charge in [0.05, 0.1) is 11.4 Å². The van der Waals surface area contributed by atoms with Crippen molar-refractivity contribution in [1.29, 1.82) is 0 Å². The van der Waals surface area contributed by atoms with Gasteiger partial charge in [0, 0.05) is 56.0 Å². The zero-order chi connectivity index (χ0) is 40.6. The van der Waals surface area contributed by atoms with Gasteiger partial charge in [0.2, 0.25) is 0 Å². The van der Waals surface area contributed by atoms with Crippen LogP contribution in [0.5, 0.6) is 0 Å². The minimum atomic E-state index is -0.159. The van der Waals surface area contributed by atoms with Crippen molar-refractivity contribution >= 4 is 68.1 Å². The Morgan fingerprint density at radius 3 is 1.85 bits per heavy atom. The standard InChI is InChI=1S/C55H50BN3/c1-53(2,3)35-19-17-24-39(31-35)58-46-32-36(54(4,5)6)29-30-44(46)56-45-28-18-26-42-49-52(41-25-15-16-27-43(41)55(49,7)8)59(51(42)45)48-34-40(33-47(58)50(48)56)57(37-20-11-9-12-21-37)38-22-13-10-14-23-38/h9-34H,1-8H3. The van der Waals surface area contributed by atoms with Gasteiger partial charge in [0.25, 0.3) is 6.71 Å². The van der Waals surface area contributed by atoms with E-state index in [-0.39, 0.29) is 23.0 Å². The van der Waals surface area contributed by atoms with Crippen LogP contribution in [0.25, 0.3) is 27.8 Å². The molecule has 1 aliphatic carbocycles. The summed E-state index contributed by atoms with van der Waals surface area (Å²) in [6.45, 7) is 18.8. The zero-order valence-corrected chi connectivity index (χ0v) is 35.4. The highest BCUT2D eigenvalue weighted by atomic mass is 15.2. The van der Waals surface area contributed by atoms with Crippen molar-refractivity contribution in [2.24, 2.45) is 0 Å². The van der Waals surface area contributed by atoms with Crippen molar-refractivity contribution < 1.29 is 0 Å². The van der Waals surface area contributed by atoms with Crippen molar-refractivity contribution in [1.82, 2.24) is 4.57 Å². The molecule has 3 nitrogen and oxygen atoms in total. The number of benzene rings is 7. The van der Waals surface area contributed by atoms with Crippen molar-refractivity contribution in [3.8, 4) is 16.9 Å². The molecule has 288 valence electrons. The lowest BCUT2D eigenvalue weighted by Gasteiger charge is -2.42. The number of hydrogen-bond donors (Lipinski definition) is 0. The molecule has 8 aromatic rings. The molecule has 0 unspecified atom stereocenters. The van der Waals surface area contributed by atoms with E-state index >= 15 is 0 Å². The van der Waals surface area contributed by atoms with Crippen molar-refractivity contribution in [3.63, 3.8) is 0 Å². The fourth-order valence-electron chi connectivity index (χ4n) is 10.5. The maximum Gasteiger partial charge on any atom is 0.252 e. The van der Waals surface area contributed by atoms with Gasteiger partial charge in [-0.05, 0) is 104 Å². The van der Waals surface area contributed by atoms with Gasteiger partial charge >= 0.3 is 0 Å². The van der Waals surface area contributed by atoms with Crippen molar-refractivity contribution in [2.45, 2.75) is 71.6 Å². The molecular formula is C55H50BN3. The molecule has 0 bridgehead atoms. The summed E-state index contributed by atoms with van der Waals surface area (Å²) in [5.41, 5.74) is 21.6. The van der Waals surface area contributed by atoms with Gasteiger partial charge in [0.15, 0.2) is 0 Å². The molecule has 0 radical (unpaired) electrons. The Kier molecular flexibility index (Phi) is 7.53. The van der Waals surface area contributed by atoms with Crippen molar-refractivity contribution in [3.05, 3.63) is 180 Å². The molecule has 0 fully saturated rings. The number of anilines is 6. The van der Waals surface area contributed by atoms with Gasteiger partial charge < -0.3 is 14.4 Å². The van der Waals surface area contributed by atoms with Gasteiger partial charge in [-0.15, -0.1) is 0 Å². The molecule has 0 N–H and O–H groups in total. The highest BCUT2D eigenvalue weighted by molar-refractivity contribution is 7.00. The molecule has 11 rings (SSSR count). The van der Waals surface area contributed by atoms with E-state index in [2.05, 4.69) is 227 Å². The molecule has 0 spiro atoms. The Balaban J connectivity index is 1.32. The minimum absolute atomic E-state index is 0.0143. The first-order valence-electron chi connectivity index (χ1n) is 21.2. The van der Waals surface area contributed by atoms with Crippen LogP contribution in [0.2, 0.25) is 0 Å². The molecule has 7 aromatic carbocycles. The lowest BCUT2D eigenvalue weighted by molar-refractivity contribution is 0.590. The van der Waals surface area contributed by atoms with Crippen LogP contribution < -0.4 is 26.2 Å². The maximum absolute atomic E-state index is 2.67. The number of para-hydroxylation sites is 3. The second kappa shape index (κ2) is 12.4. The summed E-state index contributed by atoms with van der Waals surface area (Å²) < 4.78 is 2.67. The summed E-state index contributed by atoms with van der Waals surface area (Å²) in [4.78, 5) is 5.04. The highest BCUT2D eigenvalue weighted by Gasteiger charge is 2.47. The third-order valence-electron chi connectivity index (χ3n) is 13.4. The Morgan fingerprint density at radius 1 is 0.525 bits per heavy atom. The summed E-state index contributed by atoms with van der Waals surface area (Å²) >= 11 is 0. The van der Waals surface area contributed by atoms with Crippen LogP contribution in [0.3, 0.4) is 0 Å². The predicted molar refractivity (Wildman–Crippen MR) is 252 cm³/mol. The monoisotopic (exact) mass is 763 g/mol. The minimum Gasteiger partial charge on any atom is -0.311 e. The second-order valence-corrected chi connectivity index (χ2v) is 19.5. The molecule has 0 saturated heterocycles. The Bertz CT molecular complexity index is 2960. The smallest absolute Gasteiger partial charge is 0.252 e. The Hall–Kier alpha value is -6.26. The molecule has 1 aromatic heterocycles. The lowest BCUT2D eigenvalue weighted by Crippen LogP contribution is -2.60. The van der Waals surface area contributed by atoms with E-state index in [0.717, 1.165) is 17.1 Å². The first-order chi connectivity index (χ1) is 28.3. The molecule has 0 amide bonds. The Morgan fingerprint density at radius 2 is 1.15 bits per heavy atom. The first kappa shape index (κ1) is 35.9. The van der Waals surface area contributed by atoms with Crippen LogP contribution in [0.15, 0.2) is 158 Å². The zero-order valence-electron chi connectivity index (χ0n) is 35.4. The van der Waals surface area contributed by atoms with E-state index in [4.69, 9.17) is 0 Å². The SMILES string of the molecule is CC(C)(C)c1cccc(N2c3cc(C(C)(C)C)ccc3B3c4c2cc(N(c2ccccc2)c2ccccc2)cc4-n2c4c(c5cccc3c52)C(C)(C)c2ccccc2-4)c1. The molecule has 3 heterocycles. The quantitative estimate of drug-likeness (QED) is 0.165. The maximum atomic E-state index is 2.67. The number of hydrogen-bond acceptors (Lipinski definition) is 2. The molecule has 59 heavy (non-hydrogen) atoms. The van der Waals surface area contributed by atoms with E-state index in [0.29, 0.717) is 0 Å². The van der Waals surface area contributed by atoms with Crippen LogP contribution in [-0.4, -0.2) is 11.3 Å². The molecule has 0 saturated carbocycles. The Labute approximate surface area is 349 Å². The van der Waals surface area contributed by atoms with E-state index < -0.39 is 0 Å². The molecule has 2 aliphatic heterocycles. The average Bonchev–Trinajstić information content (AvgIpc) is 3.70. The number of nitrogens with zero attached hydrogens (tertiary/aromatic N) is 3. The molecule has 4 heteroatoms. The van der Waals surface area contributed by atoms with Crippen LogP contribution in [-0.2, 0) is 16.2 Å². The molecule has 3 aliphatic rings. The van der Waals surface area contributed by atoms with Crippen LogP contribution in [0, 0.1) is 0 Å². The van der Waals surface area contributed by atoms with Gasteiger partial charge in [-0.2, -0.15) is 0 Å². The largest absolute Gasteiger partial charge is 0.311 e. The fourth-order valence-corrected chi connectivity index (χ4v) is 10.5. The van der Waals surface area contributed by atoms with Crippen LogP contribution in [0.4, 0.5) is 34.1 Å². The summed E-state index contributed by atoms with van der Waals surface area (Å²) in [7, 11) is 0. The summed E-state index contributed by atoms with van der Waals surface area (Å²) in [6.07, 6.45) is 0. The van der Waals surface area contributed by atoms with E-state index in [1.54, 1.807) is 0 Å². The van der Waals surface area contributed by atoms with E-state index in [1.165, 1.54) is 83.6 Å². The van der Waals surface area contributed by atoms with E-state index in [9.17, 15) is 0 Å². The fraction of sp³-hybridized carbons (Fsp3) is 0.200. The topological polar surface area (TPSA) is 11.4 Å². The highest BCUT2D eigenvalue weighted by Crippen LogP contribution is 2.55. The van der Waals surface area contributed by atoms with Gasteiger partial charge in [-0.25, -0.2) is 0 Å². The predicted octanol–water partition coefficient (Wildman–Crippen LogP) is 12.6. The summed E-state index contributed by atoms with van der Waals surface area (Å²) in [5, 5.41) is 1.35. The second-order valence-electron chi connectivity index (χ2n) is 19.5. The number of aromatic nitrogens is 1. The summed E-state index contributed by atoms with van der Waals surface area (Å²) in [6, 6.07) is 59.6. The lowest BCUT2D eigenvalue weighted by atomic mass is 9.33. The van der Waals surface area contributed by atoms with Gasteiger partial charge in [-0.1, -0.05) is 159 Å². The number of rotatable bonds is 4. The van der Waals surface area contributed by atoms with Crippen molar-refractivity contribution in [2.75, 3.05) is 9.80 Å². The molecule has 0 atom stereocenters. The summed E-state index contributed by atoms with van der Waals surface area (Å²) in [5.74, 6) is 0. The third-order valence-corrected chi connectivity index (χ3v) is 13.4. The molecular weight excluding hydrogens is 713 g/mol. The van der Waals surface area contributed by atoms with E-state index in [1.807, 2.05) is 0 Å². The van der Waals surface area contributed by atoms with Crippen LogP contribution in [0.1, 0.15) is 77.6 Å². The normalized spacial score (nSPS) is 14.5. The van der Waals surface area contributed by atoms with Gasteiger partial charge in [0.1, 0.15) is 0 Å². The third kappa shape index (κ3) is 5.15. The van der Waals surface area contributed by atoms with Crippen LogP contribution >= 0.6 is 0 Å². The van der Waals surface area contributed by atoms with Gasteiger partial charge in [-0.3, -0.25) is 0 Å². The average molecular weight is 764 g/mol.